The van der Waals surface area contributed by atoms with Crippen LogP contribution in [0.25, 0.3) is 16.6 Å². The van der Waals surface area contributed by atoms with Crippen LogP contribution in [0.15, 0.2) is 43.0 Å². The Morgan fingerprint density at radius 1 is 1.41 bits per heavy atom. The molecule has 0 saturated heterocycles. The van der Waals surface area contributed by atoms with Gasteiger partial charge >= 0.3 is 5.97 Å². The number of carbonyl (C=O) groups is 1. The van der Waals surface area contributed by atoms with Crippen molar-refractivity contribution < 1.29 is 9.90 Å². The first-order chi connectivity index (χ1) is 10.5. The molecule has 0 atom stereocenters. The number of carboxylic acid groups (broad SMARTS) is 1. The van der Waals surface area contributed by atoms with E-state index in [2.05, 4.69) is 9.97 Å². The van der Waals surface area contributed by atoms with E-state index in [1.165, 1.54) is 0 Å². The normalized spacial score (nSPS) is 10.8. The lowest BCUT2D eigenvalue weighted by Gasteiger charge is -2.18. The van der Waals surface area contributed by atoms with E-state index in [-0.39, 0.29) is 6.54 Å². The zero-order valence-electron chi connectivity index (χ0n) is 11.8. The van der Waals surface area contributed by atoms with Gasteiger partial charge in [0.25, 0.3) is 0 Å². The van der Waals surface area contributed by atoms with Crippen LogP contribution in [0.4, 0.5) is 5.82 Å². The number of carboxylic acids is 1. The first-order valence-electron chi connectivity index (χ1n) is 6.56. The number of hydrogen-bond acceptors (Lipinski definition) is 4. The largest absolute Gasteiger partial charge is 0.480 e. The van der Waals surface area contributed by atoms with Gasteiger partial charge in [0.05, 0.1) is 17.5 Å². The van der Waals surface area contributed by atoms with Crippen LogP contribution in [-0.4, -0.2) is 39.2 Å². The second kappa shape index (κ2) is 5.65. The minimum absolute atomic E-state index is 0.136. The maximum Gasteiger partial charge on any atom is 0.323 e. The number of pyridine rings is 1. The van der Waals surface area contributed by atoms with Crippen molar-refractivity contribution in [1.29, 1.82) is 0 Å². The van der Waals surface area contributed by atoms with Gasteiger partial charge in [-0.3, -0.25) is 4.79 Å². The van der Waals surface area contributed by atoms with Gasteiger partial charge in [0, 0.05) is 35.9 Å². The minimum atomic E-state index is -0.917. The first kappa shape index (κ1) is 14.3. The molecule has 0 radical (unpaired) electrons. The SMILES string of the molecule is CN(CC(=O)O)c1cc(-n2ccnc2)c2ccc(Cl)cc2n1. The molecule has 6 nitrogen and oxygen atoms in total. The average Bonchev–Trinajstić information content (AvgIpc) is 2.99. The second-order valence-corrected chi connectivity index (χ2v) is 5.32. The van der Waals surface area contributed by atoms with E-state index in [1.807, 2.05) is 22.9 Å². The molecule has 7 heteroatoms. The minimum Gasteiger partial charge on any atom is -0.480 e. The molecule has 2 aromatic heterocycles. The van der Waals surface area contributed by atoms with Crippen molar-refractivity contribution in [3.8, 4) is 5.69 Å². The molecule has 0 aliphatic heterocycles. The van der Waals surface area contributed by atoms with Crippen molar-refractivity contribution in [1.82, 2.24) is 14.5 Å². The molecule has 22 heavy (non-hydrogen) atoms. The van der Waals surface area contributed by atoms with Crippen molar-refractivity contribution in [3.63, 3.8) is 0 Å². The Labute approximate surface area is 131 Å². The predicted octanol–water partition coefficient (Wildman–Crippen LogP) is 2.59. The highest BCUT2D eigenvalue weighted by molar-refractivity contribution is 6.31. The van der Waals surface area contributed by atoms with Gasteiger partial charge in [0.2, 0.25) is 0 Å². The van der Waals surface area contributed by atoms with Gasteiger partial charge in [-0.2, -0.15) is 0 Å². The molecule has 0 spiro atoms. The Hall–Kier alpha value is -2.60. The molecule has 0 amide bonds. The summed E-state index contributed by atoms with van der Waals surface area (Å²) in [5.74, 6) is -0.361. The summed E-state index contributed by atoms with van der Waals surface area (Å²) in [4.78, 5) is 21.0. The molecule has 0 unspecified atom stereocenters. The van der Waals surface area contributed by atoms with E-state index in [0.29, 0.717) is 16.4 Å². The summed E-state index contributed by atoms with van der Waals surface area (Å²) in [6, 6.07) is 7.28. The molecular weight excluding hydrogens is 304 g/mol. The third-order valence-corrected chi connectivity index (χ3v) is 3.52. The number of fused-ring (bicyclic) bond motifs is 1. The van der Waals surface area contributed by atoms with E-state index in [1.54, 1.807) is 36.6 Å². The summed E-state index contributed by atoms with van der Waals surface area (Å²) in [6.45, 7) is -0.136. The second-order valence-electron chi connectivity index (χ2n) is 4.88. The quantitative estimate of drug-likeness (QED) is 0.801. The molecule has 0 saturated carbocycles. The van der Waals surface area contributed by atoms with E-state index in [9.17, 15) is 4.79 Å². The highest BCUT2D eigenvalue weighted by atomic mass is 35.5. The number of imidazole rings is 1. The zero-order valence-corrected chi connectivity index (χ0v) is 12.5. The van der Waals surface area contributed by atoms with E-state index < -0.39 is 5.97 Å². The van der Waals surface area contributed by atoms with E-state index in [4.69, 9.17) is 16.7 Å². The number of aliphatic carboxylic acids is 1. The molecule has 0 aliphatic rings. The number of nitrogens with zero attached hydrogens (tertiary/aromatic N) is 4. The Kier molecular flexibility index (Phi) is 3.68. The van der Waals surface area contributed by atoms with E-state index in [0.717, 1.165) is 11.1 Å². The van der Waals surface area contributed by atoms with Crippen LogP contribution in [0.2, 0.25) is 5.02 Å². The molecule has 1 aromatic carbocycles. The lowest BCUT2D eigenvalue weighted by Crippen LogP contribution is -2.26. The number of rotatable bonds is 4. The van der Waals surface area contributed by atoms with Crippen LogP contribution in [0, 0.1) is 0 Å². The Morgan fingerprint density at radius 3 is 2.91 bits per heavy atom. The average molecular weight is 317 g/mol. The van der Waals surface area contributed by atoms with Crippen LogP contribution in [-0.2, 0) is 4.79 Å². The lowest BCUT2D eigenvalue weighted by atomic mass is 10.1. The van der Waals surface area contributed by atoms with Crippen LogP contribution >= 0.6 is 11.6 Å². The van der Waals surface area contributed by atoms with Crippen molar-refractivity contribution in [2.45, 2.75) is 0 Å². The molecule has 3 rings (SSSR count). The Morgan fingerprint density at radius 2 is 2.23 bits per heavy atom. The van der Waals surface area contributed by atoms with Crippen molar-refractivity contribution >= 4 is 34.3 Å². The maximum atomic E-state index is 10.9. The van der Waals surface area contributed by atoms with Gasteiger partial charge in [-0.25, -0.2) is 9.97 Å². The fourth-order valence-corrected chi connectivity index (χ4v) is 2.43. The molecule has 2 heterocycles. The summed E-state index contributed by atoms with van der Waals surface area (Å²) in [7, 11) is 1.69. The highest BCUT2D eigenvalue weighted by Crippen LogP contribution is 2.27. The highest BCUT2D eigenvalue weighted by Gasteiger charge is 2.12. The summed E-state index contributed by atoms with van der Waals surface area (Å²) >= 11 is 6.05. The van der Waals surface area contributed by atoms with Crippen LogP contribution in [0.3, 0.4) is 0 Å². The Balaban J connectivity index is 2.21. The summed E-state index contributed by atoms with van der Waals surface area (Å²) in [5.41, 5.74) is 1.57. The van der Waals surface area contributed by atoms with Gasteiger partial charge in [0.15, 0.2) is 0 Å². The molecule has 0 bridgehead atoms. The molecular formula is C15H13ClN4O2. The molecule has 0 fully saturated rings. The fraction of sp³-hybridized carbons (Fsp3) is 0.133. The third kappa shape index (κ3) is 2.73. The van der Waals surface area contributed by atoms with Gasteiger partial charge in [0.1, 0.15) is 12.4 Å². The number of halogens is 1. The lowest BCUT2D eigenvalue weighted by molar-refractivity contribution is -0.135. The topological polar surface area (TPSA) is 71.2 Å². The summed E-state index contributed by atoms with van der Waals surface area (Å²) in [6.07, 6.45) is 5.19. The predicted molar refractivity (Wildman–Crippen MR) is 84.8 cm³/mol. The van der Waals surface area contributed by atoms with Crippen molar-refractivity contribution in [2.24, 2.45) is 0 Å². The van der Waals surface area contributed by atoms with Gasteiger partial charge in [-0.05, 0) is 18.2 Å². The van der Waals surface area contributed by atoms with Gasteiger partial charge < -0.3 is 14.6 Å². The van der Waals surface area contributed by atoms with Gasteiger partial charge in [-0.1, -0.05) is 11.6 Å². The van der Waals surface area contributed by atoms with Gasteiger partial charge in [-0.15, -0.1) is 0 Å². The Bertz CT molecular complexity index is 833. The van der Waals surface area contributed by atoms with Crippen molar-refractivity contribution in [3.05, 3.63) is 48.0 Å². The smallest absolute Gasteiger partial charge is 0.323 e. The number of hydrogen-bond donors (Lipinski definition) is 1. The maximum absolute atomic E-state index is 10.9. The fourth-order valence-electron chi connectivity index (χ4n) is 2.26. The third-order valence-electron chi connectivity index (χ3n) is 3.28. The van der Waals surface area contributed by atoms with Crippen LogP contribution in [0.5, 0.6) is 0 Å². The van der Waals surface area contributed by atoms with Crippen LogP contribution in [0.1, 0.15) is 0 Å². The monoisotopic (exact) mass is 316 g/mol. The summed E-state index contributed by atoms with van der Waals surface area (Å²) in [5, 5.41) is 10.4. The molecule has 1 N–H and O–H groups in total. The van der Waals surface area contributed by atoms with E-state index >= 15 is 0 Å². The number of likely N-dealkylation sites (N-methyl/N-ethyl adjacent to an activating group) is 1. The summed E-state index contributed by atoms with van der Waals surface area (Å²) < 4.78 is 1.86. The number of anilines is 1. The molecule has 0 aliphatic carbocycles. The standard InChI is InChI=1S/C15H13ClN4O2/c1-19(8-15(21)22)14-7-13(20-5-4-17-9-20)11-3-2-10(16)6-12(11)18-14/h2-7,9H,8H2,1H3,(H,21,22). The van der Waals surface area contributed by atoms with Crippen LogP contribution < -0.4 is 4.90 Å². The molecule has 3 aromatic rings. The number of benzene rings is 1. The van der Waals surface area contributed by atoms with Crippen molar-refractivity contribution in [2.75, 3.05) is 18.5 Å². The molecule has 112 valence electrons. The zero-order chi connectivity index (χ0) is 15.7. The first-order valence-corrected chi connectivity index (χ1v) is 6.94. The number of aromatic nitrogens is 3.